The second kappa shape index (κ2) is 4.58. The van der Waals surface area contributed by atoms with Crippen molar-refractivity contribution in [2.75, 3.05) is 0 Å². The zero-order chi connectivity index (χ0) is 11.5. The highest BCUT2D eigenvalue weighted by atomic mass is 79.9. The molecule has 16 heavy (non-hydrogen) atoms. The van der Waals surface area contributed by atoms with Crippen molar-refractivity contribution in [1.29, 1.82) is 0 Å². The van der Waals surface area contributed by atoms with Gasteiger partial charge in [0.15, 0.2) is 5.11 Å². The van der Waals surface area contributed by atoms with Crippen molar-refractivity contribution >= 4 is 50.4 Å². The summed E-state index contributed by atoms with van der Waals surface area (Å²) in [6, 6.07) is 5.76. The molecule has 0 atom stereocenters. The number of halogens is 1. The fraction of sp³-hybridized carbons (Fsp3) is 0. The van der Waals surface area contributed by atoms with Gasteiger partial charge in [-0.1, -0.05) is 6.07 Å². The molecule has 2 rings (SSSR count). The monoisotopic (exact) mass is 297 g/mol. The molecule has 0 amide bonds. The molecule has 0 aliphatic carbocycles. The second-order valence-electron chi connectivity index (χ2n) is 3.05. The number of aromatic amines is 1. The molecule has 4 N–H and O–H groups in total. The Morgan fingerprint density at radius 1 is 1.62 bits per heavy atom. The van der Waals surface area contributed by atoms with E-state index in [0.29, 0.717) is 0 Å². The van der Waals surface area contributed by atoms with Crippen molar-refractivity contribution in [3.05, 3.63) is 28.4 Å². The third kappa shape index (κ3) is 2.37. The molecule has 0 aliphatic heterocycles. The summed E-state index contributed by atoms with van der Waals surface area (Å²) in [7, 11) is 0. The summed E-state index contributed by atoms with van der Waals surface area (Å²) in [5, 5.41) is 12.0. The van der Waals surface area contributed by atoms with Crippen LogP contribution in [0.15, 0.2) is 27.9 Å². The van der Waals surface area contributed by atoms with E-state index in [1.54, 1.807) is 6.21 Å². The van der Waals surface area contributed by atoms with Crippen LogP contribution in [0.25, 0.3) is 10.9 Å². The highest BCUT2D eigenvalue weighted by Crippen LogP contribution is 2.21. The van der Waals surface area contributed by atoms with Gasteiger partial charge in [0.25, 0.3) is 0 Å². The zero-order valence-corrected chi connectivity index (χ0v) is 10.5. The Hall–Kier alpha value is -1.47. The lowest BCUT2D eigenvalue weighted by atomic mass is 10.2. The molecular weight excluding hydrogens is 290 g/mol. The molecule has 0 bridgehead atoms. The maximum Gasteiger partial charge on any atom is 0.184 e. The van der Waals surface area contributed by atoms with Crippen molar-refractivity contribution in [2.45, 2.75) is 0 Å². The quantitative estimate of drug-likeness (QED) is 0.446. The number of hydrazone groups is 1. The summed E-state index contributed by atoms with van der Waals surface area (Å²) in [4.78, 5) is 0. The molecule has 1 aromatic heterocycles. The van der Waals surface area contributed by atoms with Gasteiger partial charge in [0.1, 0.15) is 4.60 Å². The van der Waals surface area contributed by atoms with Crippen LogP contribution in [0.5, 0.6) is 0 Å². The van der Waals surface area contributed by atoms with Crippen molar-refractivity contribution in [3.63, 3.8) is 0 Å². The Morgan fingerprint density at radius 3 is 3.19 bits per heavy atom. The fourth-order valence-electron chi connectivity index (χ4n) is 1.25. The summed E-state index contributed by atoms with van der Waals surface area (Å²) < 4.78 is 0.847. The minimum Gasteiger partial charge on any atom is -0.375 e. The second-order valence-corrected chi connectivity index (χ2v) is 4.28. The number of benzene rings is 1. The van der Waals surface area contributed by atoms with Crippen molar-refractivity contribution in [3.8, 4) is 0 Å². The van der Waals surface area contributed by atoms with Crippen LogP contribution in [0.1, 0.15) is 5.56 Å². The lowest BCUT2D eigenvalue weighted by Gasteiger charge is -1.95. The number of nitrogens with one attached hydrogen (secondary N) is 2. The van der Waals surface area contributed by atoms with Gasteiger partial charge in [-0.3, -0.25) is 10.5 Å². The van der Waals surface area contributed by atoms with Crippen LogP contribution >= 0.6 is 28.1 Å². The Kier molecular flexibility index (Phi) is 3.16. The Bertz CT molecular complexity index is 562. The highest BCUT2D eigenvalue weighted by Gasteiger charge is 2.02. The van der Waals surface area contributed by atoms with Gasteiger partial charge in [-0.05, 0) is 45.8 Å². The predicted octanol–water partition coefficient (Wildman–Crippen LogP) is 1.49. The third-order valence-corrected chi connectivity index (χ3v) is 2.62. The van der Waals surface area contributed by atoms with E-state index in [4.69, 9.17) is 5.73 Å². The van der Waals surface area contributed by atoms with E-state index in [9.17, 15) is 0 Å². The summed E-state index contributed by atoms with van der Waals surface area (Å²) in [5.74, 6) is 0. The first-order valence-corrected chi connectivity index (χ1v) is 5.59. The highest BCUT2D eigenvalue weighted by molar-refractivity contribution is 9.10. The molecule has 0 saturated carbocycles. The Balaban J connectivity index is 2.28. The van der Waals surface area contributed by atoms with Gasteiger partial charge in [0, 0.05) is 5.39 Å². The average Bonchev–Trinajstić information content (AvgIpc) is 2.60. The molecule has 5 nitrogen and oxygen atoms in total. The number of thiocarbonyl (C=S) groups is 1. The third-order valence-electron chi connectivity index (χ3n) is 1.92. The Labute approximate surface area is 105 Å². The van der Waals surface area contributed by atoms with Gasteiger partial charge in [-0.2, -0.15) is 10.2 Å². The number of aromatic nitrogens is 2. The van der Waals surface area contributed by atoms with Gasteiger partial charge in [-0.25, -0.2) is 0 Å². The summed E-state index contributed by atoms with van der Waals surface area (Å²) in [6.45, 7) is 0. The zero-order valence-electron chi connectivity index (χ0n) is 8.07. The summed E-state index contributed by atoms with van der Waals surface area (Å²) in [5.41, 5.74) is 9.56. The maximum atomic E-state index is 5.24. The fourth-order valence-corrected chi connectivity index (χ4v) is 1.71. The number of hydrogen-bond donors (Lipinski definition) is 3. The molecule has 0 fully saturated rings. The number of rotatable bonds is 2. The number of nitrogens with zero attached hydrogens (tertiary/aromatic N) is 2. The topological polar surface area (TPSA) is 79.1 Å². The lowest BCUT2D eigenvalue weighted by molar-refractivity contribution is 1.04. The maximum absolute atomic E-state index is 5.24. The van der Waals surface area contributed by atoms with E-state index >= 15 is 0 Å². The SMILES string of the molecule is NC(=S)NN=Cc1ccc2n[nH]c(Br)c2c1. The molecule has 0 unspecified atom stereocenters. The minimum absolute atomic E-state index is 0.141. The minimum atomic E-state index is 0.141. The van der Waals surface area contributed by atoms with Gasteiger partial charge in [-0.15, -0.1) is 0 Å². The molecule has 0 spiro atoms. The predicted molar refractivity (Wildman–Crippen MR) is 71.3 cm³/mol. The number of fused-ring (bicyclic) bond motifs is 1. The molecule has 7 heteroatoms. The van der Waals surface area contributed by atoms with Crippen LogP contribution in [0.3, 0.4) is 0 Å². The molecule has 0 aliphatic rings. The molecule has 82 valence electrons. The van der Waals surface area contributed by atoms with Gasteiger partial charge < -0.3 is 5.73 Å². The first-order valence-electron chi connectivity index (χ1n) is 4.39. The first-order chi connectivity index (χ1) is 7.66. The van der Waals surface area contributed by atoms with E-state index in [2.05, 4.69) is 48.9 Å². The van der Waals surface area contributed by atoms with E-state index in [1.807, 2.05) is 18.2 Å². The van der Waals surface area contributed by atoms with Gasteiger partial charge in [0.2, 0.25) is 0 Å². The Morgan fingerprint density at radius 2 is 2.44 bits per heavy atom. The van der Waals surface area contributed by atoms with Crippen LogP contribution in [-0.2, 0) is 0 Å². The number of H-pyrrole nitrogens is 1. The first kappa shape index (κ1) is 11.0. The van der Waals surface area contributed by atoms with Crippen molar-refractivity contribution in [2.24, 2.45) is 10.8 Å². The molecule has 0 saturated heterocycles. The molecule has 2 aromatic rings. The van der Waals surface area contributed by atoms with E-state index in [0.717, 1.165) is 21.1 Å². The number of hydrogen-bond acceptors (Lipinski definition) is 3. The van der Waals surface area contributed by atoms with Crippen LogP contribution in [0, 0.1) is 0 Å². The summed E-state index contributed by atoms with van der Waals surface area (Å²) >= 11 is 8.00. The molecule has 1 heterocycles. The van der Waals surface area contributed by atoms with E-state index in [1.165, 1.54) is 0 Å². The largest absolute Gasteiger partial charge is 0.375 e. The van der Waals surface area contributed by atoms with Crippen LogP contribution in [0.2, 0.25) is 0 Å². The van der Waals surface area contributed by atoms with E-state index < -0.39 is 0 Å². The molecule has 0 radical (unpaired) electrons. The van der Waals surface area contributed by atoms with Crippen molar-refractivity contribution < 1.29 is 0 Å². The molecule has 1 aromatic carbocycles. The van der Waals surface area contributed by atoms with Crippen molar-refractivity contribution in [1.82, 2.24) is 15.6 Å². The van der Waals surface area contributed by atoms with Gasteiger partial charge >= 0.3 is 0 Å². The standard InChI is InChI=1S/C9H8BrN5S/c10-8-6-3-5(4-12-15-9(11)16)1-2-7(6)13-14-8/h1-4H,(H,13,14)(H3,11,15,16). The lowest BCUT2D eigenvalue weighted by Crippen LogP contribution is -2.23. The van der Waals surface area contributed by atoms with Crippen LogP contribution in [-0.4, -0.2) is 21.5 Å². The summed E-state index contributed by atoms with van der Waals surface area (Å²) in [6.07, 6.45) is 1.64. The van der Waals surface area contributed by atoms with E-state index in [-0.39, 0.29) is 5.11 Å². The van der Waals surface area contributed by atoms with Crippen LogP contribution in [0.4, 0.5) is 0 Å². The smallest absolute Gasteiger partial charge is 0.184 e. The number of nitrogens with two attached hydrogens (primary N) is 1. The van der Waals surface area contributed by atoms with Gasteiger partial charge in [0.05, 0.1) is 11.7 Å². The molecular formula is C9H8BrN5S. The normalized spacial score (nSPS) is 11.1. The average molecular weight is 298 g/mol. The van der Waals surface area contributed by atoms with Crippen LogP contribution < -0.4 is 11.2 Å².